The van der Waals surface area contributed by atoms with Crippen LogP contribution >= 0.6 is 11.6 Å². The van der Waals surface area contributed by atoms with Crippen molar-refractivity contribution >= 4 is 43.6 Å². The first-order chi connectivity index (χ1) is 14.4. The lowest BCUT2D eigenvalue weighted by molar-refractivity contribution is 0.476. The number of phenolic OH excluding ortho intramolecular Hbond substituents is 1. The van der Waals surface area contributed by atoms with Crippen LogP contribution in [0, 0.1) is 6.92 Å². The Labute approximate surface area is 177 Å². The molecule has 2 N–H and O–H groups in total. The van der Waals surface area contributed by atoms with Crippen LogP contribution in [-0.2, 0) is 10.0 Å². The van der Waals surface area contributed by atoms with Crippen molar-refractivity contribution in [1.29, 1.82) is 0 Å². The van der Waals surface area contributed by atoms with Gasteiger partial charge in [-0.05, 0) is 49.4 Å². The number of nitrogens with zero attached hydrogens (tertiary/aromatic N) is 2. The highest BCUT2D eigenvalue weighted by atomic mass is 35.5. The van der Waals surface area contributed by atoms with Gasteiger partial charge < -0.3 is 10.1 Å². The van der Waals surface area contributed by atoms with Crippen LogP contribution in [0.15, 0.2) is 71.9 Å². The molecule has 0 aliphatic heterocycles. The van der Waals surface area contributed by atoms with Gasteiger partial charge in [-0.15, -0.1) is 0 Å². The topological polar surface area (TPSA) is 88.0 Å². The monoisotopic (exact) mass is 437 g/mol. The molecule has 0 amide bonds. The lowest BCUT2D eigenvalue weighted by atomic mass is 10.1. The minimum absolute atomic E-state index is 0.0866. The van der Waals surface area contributed by atoms with Gasteiger partial charge in [-0.2, -0.15) is 0 Å². The Kier molecular flexibility index (Phi) is 4.13. The Hall–Kier alpha value is -3.29. The first-order valence-electron chi connectivity index (χ1n) is 9.15. The van der Waals surface area contributed by atoms with Crippen molar-refractivity contribution < 1.29 is 13.5 Å². The number of nitrogens with one attached hydrogen (secondary N) is 1. The number of phenols is 1. The van der Waals surface area contributed by atoms with Crippen LogP contribution in [0.3, 0.4) is 0 Å². The van der Waals surface area contributed by atoms with E-state index in [9.17, 15) is 13.5 Å². The highest BCUT2D eigenvalue weighted by molar-refractivity contribution is 7.90. The number of halogens is 1. The number of H-pyrrole nitrogens is 1. The quantitative estimate of drug-likeness (QED) is 0.411. The molecule has 5 rings (SSSR count). The minimum Gasteiger partial charge on any atom is -0.508 e. The smallest absolute Gasteiger partial charge is 0.269 e. The number of aromatic amines is 1. The van der Waals surface area contributed by atoms with Crippen molar-refractivity contribution in [1.82, 2.24) is 13.9 Å². The molecule has 0 fully saturated rings. The lowest BCUT2D eigenvalue weighted by Crippen LogP contribution is -2.14. The van der Waals surface area contributed by atoms with E-state index in [1.807, 2.05) is 6.92 Å². The fourth-order valence-corrected chi connectivity index (χ4v) is 5.28. The molecule has 0 radical (unpaired) electrons. The molecule has 0 bridgehead atoms. The molecule has 0 spiro atoms. The first-order valence-corrected chi connectivity index (χ1v) is 11.0. The Morgan fingerprint density at radius 3 is 2.57 bits per heavy atom. The van der Waals surface area contributed by atoms with E-state index in [0.29, 0.717) is 27.1 Å². The highest BCUT2D eigenvalue weighted by Gasteiger charge is 2.26. The maximum absolute atomic E-state index is 13.7. The molecule has 0 saturated heterocycles. The molecular formula is C22H16ClN3O3S. The number of benzene rings is 2. The van der Waals surface area contributed by atoms with Crippen molar-refractivity contribution in [2.45, 2.75) is 11.8 Å². The summed E-state index contributed by atoms with van der Waals surface area (Å²) in [6, 6.07) is 14.9. The second-order valence-electron chi connectivity index (χ2n) is 7.07. The summed E-state index contributed by atoms with van der Waals surface area (Å²) in [6.45, 7) is 1.90. The number of aryl methyl sites for hydroxylation is 1. The van der Waals surface area contributed by atoms with Crippen molar-refractivity contribution in [2.24, 2.45) is 0 Å². The molecular weight excluding hydrogens is 422 g/mol. The molecule has 2 aromatic carbocycles. The lowest BCUT2D eigenvalue weighted by Gasteiger charge is -2.11. The van der Waals surface area contributed by atoms with Crippen LogP contribution in [0.25, 0.3) is 33.2 Å². The summed E-state index contributed by atoms with van der Waals surface area (Å²) in [5, 5.41) is 11.6. The number of rotatable bonds is 3. The van der Waals surface area contributed by atoms with E-state index in [-0.39, 0.29) is 16.3 Å². The average molecular weight is 438 g/mol. The molecule has 150 valence electrons. The number of fused-ring (bicyclic) bond motifs is 2. The predicted molar refractivity (Wildman–Crippen MR) is 117 cm³/mol. The second kappa shape index (κ2) is 6.62. The Morgan fingerprint density at radius 1 is 1.03 bits per heavy atom. The summed E-state index contributed by atoms with van der Waals surface area (Å²) >= 11 is 6.37. The van der Waals surface area contributed by atoms with E-state index in [1.54, 1.807) is 60.8 Å². The molecule has 8 heteroatoms. The summed E-state index contributed by atoms with van der Waals surface area (Å²) in [6.07, 6.45) is 3.20. The van der Waals surface area contributed by atoms with Crippen molar-refractivity contribution in [3.63, 3.8) is 0 Å². The summed E-state index contributed by atoms with van der Waals surface area (Å²) in [4.78, 5) is 7.59. The van der Waals surface area contributed by atoms with Gasteiger partial charge in [0.2, 0.25) is 0 Å². The fourth-order valence-electron chi connectivity index (χ4n) is 3.61. The average Bonchev–Trinajstić information content (AvgIpc) is 3.30. The number of hydrogen-bond acceptors (Lipinski definition) is 4. The molecule has 0 aliphatic rings. The van der Waals surface area contributed by atoms with Gasteiger partial charge in [0.1, 0.15) is 5.75 Å². The second-order valence-corrected chi connectivity index (χ2v) is 9.27. The predicted octanol–water partition coefficient (Wildman–Crippen LogP) is 5.09. The van der Waals surface area contributed by atoms with Crippen LogP contribution in [0.4, 0.5) is 0 Å². The Bertz CT molecular complexity index is 1530. The Morgan fingerprint density at radius 2 is 1.80 bits per heavy atom. The molecule has 30 heavy (non-hydrogen) atoms. The standard InChI is InChI=1S/C22H16ClN3O3S/c1-13-2-5-15(6-3-13)30(28,29)26-21(11-17-19(23)8-9-24-22(17)26)18-12-25-20-7-4-14(27)10-16(18)20/h2-12,25,27H,1H3. The number of hydrogen-bond donors (Lipinski definition) is 2. The van der Waals surface area contributed by atoms with Crippen LogP contribution in [0.5, 0.6) is 5.75 Å². The largest absolute Gasteiger partial charge is 0.508 e. The molecule has 5 aromatic rings. The molecule has 0 saturated carbocycles. The van der Waals surface area contributed by atoms with E-state index in [1.165, 1.54) is 10.2 Å². The molecule has 0 atom stereocenters. The zero-order valence-electron chi connectivity index (χ0n) is 15.8. The van der Waals surface area contributed by atoms with Gasteiger partial charge in [0, 0.05) is 34.2 Å². The zero-order valence-corrected chi connectivity index (χ0v) is 17.4. The molecule has 0 unspecified atom stereocenters. The van der Waals surface area contributed by atoms with Gasteiger partial charge in [-0.1, -0.05) is 29.3 Å². The number of pyridine rings is 1. The Balaban J connectivity index is 1.88. The number of aromatic nitrogens is 3. The summed E-state index contributed by atoms with van der Waals surface area (Å²) < 4.78 is 28.6. The van der Waals surface area contributed by atoms with E-state index in [2.05, 4.69) is 9.97 Å². The van der Waals surface area contributed by atoms with Gasteiger partial charge in [-0.25, -0.2) is 17.4 Å². The van der Waals surface area contributed by atoms with Gasteiger partial charge >= 0.3 is 0 Å². The zero-order chi connectivity index (χ0) is 21.0. The van der Waals surface area contributed by atoms with Gasteiger partial charge in [0.25, 0.3) is 10.0 Å². The first kappa shape index (κ1) is 18.7. The summed E-state index contributed by atoms with van der Waals surface area (Å²) in [5.41, 5.74) is 2.99. The van der Waals surface area contributed by atoms with E-state index < -0.39 is 10.0 Å². The van der Waals surface area contributed by atoms with Crippen molar-refractivity contribution in [3.05, 3.63) is 77.6 Å². The third kappa shape index (κ3) is 2.78. The van der Waals surface area contributed by atoms with Crippen LogP contribution < -0.4 is 0 Å². The highest BCUT2D eigenvalue weighted by Crippen LogP contribution is 2.38. The summed E-state index contributed by atoms with van der Waals surface area (Å²) in [5.74, 6) is 0.0866. The molecule has 3 aromatic heterocycles. The van der Waals surface area contributed by atoms with Crippen molar-refractivity contribution in [3.8, 4) is 17.0 Å². The molecule has 0 aliphatic carbocycles. The molecule has 3 heterocycles. The van der Waals surface area contributed by atoms with E-state index in [0.717, 1.165) is 11.1 Å². The summed E-state index contributed by atoms with van der Waals surface area (Å²) in [7, 11) is -3.97. The van der Waals surface area contributed by atoms with Gasteiger partial charge in [0.05, 0.1) is 15.6 Å². The van der Waals surface area contributed by atoms with E-state index >= 15 is 0 Å². The van der Waals surface area contributed by atoms with Crippen molar-refractivity contribution in [2.75, 3.05) is 0 Å². The van der Waals surface area contributed by atoms with Crippen LogP contribution in [0.1, 0.15) is 5.56 Å². The van der Waals surface area contributed by atoms with Gasteiger partial charge in [0.15, 0.2) is 5.65 Å². The van der Waals surface area contributed by atoms with E-state index in [4.69, 9.17) is 11.6 Å². The number of aromatic hydroxyl groups is 1. The van der Waals surface area contributed by atoms with Gasteiger partial charge in [-0.3, -0.25) is 0 Å². The third-order valence-electron chi connectivity index (χ3n) is 5.11. The SMILES string of the molecule is Cc1ccc(S(=O)(=O)n2c(-c3c[nH]c4ccc(O)cc34)cc3c(Cl)ccnc32)cc1. The maximum Gasteiger partial charge on any atom is 0.269 e. The van der Waals surface area contributed by atoms with Crippen LogP contribution in [-0.4, -0.2) is 27.5 Å². The van der Waals surface area contributed by atoms with Crippen LogP contribution in [0.2, 0.25) is 5.02 Å². The fraction of sp³-hybridized carbons (Fsp3) is 0.0455. The maximum atomic E-state index is 13.7. The third-order valence-corrected chi connectivity index (χ3v) is 7.16. The minimum atomic E-state index is -3.97. The normalized spacial score (nSPS) is 12.1. The molecule has 6 nitrogen and oxygen atoms in total.